The maximum absolute atomic E-state index is 11.6. The fraction of sp³-hybridized carbons (Fsp3) is 0.692. The molecule has 5 rings (SSSR count). The van der Waals surface area contributed by atoms with Gasteiger partial charge in [-0.15, -0.1) is 0 Å². The average molecular weight is 591 g/mol. The van der Waals surface area contributed by atoms with Gasteiger partial charge in [0, 0.05) is 11.3 Å². The lowest BCUT2D eigenvalue weighted by atomic mass is 9.68. The van der Waals surface area contributed by atoms with Crippen LogP contribution in [-0.4, -0.2) is 16.0 Å². The molecule has 2 N–H and O–H groups in total. The van der Waals surface area contributed by atoms with Gasteiger partial charge in [-0.05, 0) is 110 Å². The molecular weight excluding hydrogens is 532 g/mol. The van der Waals surface area contributed by atoms with Crippen LogP contribution < -0.4 is 0 Å². The van der Waals surface area contributed by atoms with Crippen LogP contribution in [0.5, 0.6) is 11.5 Å². The number of fused-ring (bicyclic) bond motifs is 5. The first-order valence-corrected chi connectivity index (χ1v) is 18.8. The van der Waals surface area contributed by atoms with Crippen molar-refractivity contribution in [2.24, 2.45) is 23.7 Å². The number of phenols is 2. The Kier molecular flexibility index (Phi) is 11.3. The quantitative estimate of drug-likeness (QED) is 0.191. The number of phenolic OH excluding ortho intramolecular Hbond substituents is 2. The number of thioether (sulfide) groups is 1. The molecule has 3 saturated carbocycles. The van der Waals surface area contributed by atoms with Gasteiger partial charge < -0.3 is 10.2 Å². The van der Waals surface area contributed by atoms with Crippen LogP contribution in [0.25, 0.3) is 0 Å². The highest BCUT2D eigenvalue weighted by Gasteiger charge is 2.58. The molecule has 0 saturated heterocycles. The molecule has 42 heavy (non-hydrogen) atoms. The molecule has 2 bridgehead atoms. The first kappa shape index (κ1) is 31.8. The molecule has 0 heterocycles. The van der Waals surface area contributed by atoms with Crippen molar-refractivity contribution < 1.29 is 10.2 Å². The van der Waals surface area contributed by atoms with Crippen LogP contribution in [0.15, 0.2) is 24.3 Å². The van der Waals surface area contributed by atoms with Crippen LogP contribution in [0.1, 0.15) is 149 Å². The third-order valence-electron chi connectivity index (χ3n) is 11.3. The van der Waals surface area contributed by atoms with E-state index in [0.29, 0.717) is 35.2 Å². The van der Waals surface area contributed by atoms with Gasteiger partial charge in [-0.1, -0.05) is 107 Å². The van der Waals surface area contributed by atoms with E-state index in [-0.39, 0.29) is 0 Å². The summed E-state index contributed by atoms with van der Waals surface area (Å²) in [7, 11) is 0. The predicted molar refractivity (Wildman–Crippen MR) is 181 cm³/mol. The lowest BCUT2D eigenvalue weighted by Gasteiger charge is -2.36. The monoisotopic (exact) mass is 590 g/mol. The van der Waals surface area contributed by atoms with Crippen LogP contribution in [-0.2, 0) is 12.2 Å². The van der Waals surface area contributed by atoms with E-state index in [1.54, 1.807) is 0 Å². The molecule has 0 aromatic heterocycles. The highest BCUT2D eigenvalue weighted by atomic mass is 32.2. The van der Waals surface area contributed by atoms with Gasteiger partial charge in [0.2, 0.25) is 0 Å². The van der Waals surface area contributed by atoms with E-state index >= 15 is 0 Å². The van der Waals surface area contributed by atoms with Crippen LogP contribution in [0.3, 0.4) is 0 Å². The van der Waals surface area contributed by atoms with Crippen molar-refractivity contribution in [3.8, 4) is 11.5 Å². The molecule has 3 fully saturated rings. The van der Waals surface area contributed by atoms with Crippen LogP contribution >= 0.6 is 11.8 Å². The Morgan fingerprint density at radius 1 is 0.667 bits per heavy atom. The third kappa shape index (κ3) is 7.03. The molecule has 2 aromatic rings. The van der Waals surface area contributed by atoms with Crippen molar-refractivity contribution in [2.45, 2.75) is 142 Å². The van der Waals surface area contributed by atoms with Gasteiger partial charge in [-0.3, -0.25) is 0 Å². The number of unbranched alkanes of at least 4 members (excludes halogenated alkanes) is 9. The molecule has 2 aromatic carbocycles. The first-order valence-electron chi connectivity index (χ1n) is 17.6. The second-order valence-corrected chi connectivity index (χ2v) is 15.3. The summed E-state index contributed by atoms with van der Waals surface area (Å²) in [4.78, 5) is 0. The topological polar surface area (TPSA) is 40.5 Å². The van der Waals surface area contributed by atoms with E-state index in [1.807, 2.05) is 11.8 Å². The summed E-state index contributed by atoms with van der Waals surface area (Å²) in [6.45, 7) is 8.83. The molecule has 0 aliphatic heterocycles. The minimum absolute atomic E-state index is 0.455. The Balaban J connectivity index is 1.17. The Labute approximate surface area is 261 Å². The first-order chi connectivity index (χ1) is 20.4. The third-order valence-corrected chi connectivity index (χ3v) is 12.4. The fourth-order valence-electron chi connectivity index (χ4n) is 9.41. The van der Waals surface area contributed by atoms with Gasteiger partial charge in [-0.25, -0.2) is 0 Å². The van der Waals surface area contributed by atoms with E-state index in [0.717, 1.165) is 35.1 Å². The molecule has 6 unspecified atom stereocenters. The Hall–Kier alpha value is -1.61. The summed E-state index contributed by atoms with van der Waals surface area (Å²) in [6.07, 6.45) is 19.8. The number of benzene rings is 2. The molecular formula is C39H58O2S. The molecule has 3 aliphatic carbocycles. The number of aryl methyl sites for hydroxylation is 3. The van der Waals surface area contributed by atoms with Crippen molar-refractivity contribution in [2.75, 3.05) is 5.75 Å². The average Bonchev–Trinajstić information content (AvgIpc) is 3.69. The summed E-state index contributed by atoms with van der Waals surface area (Å²) in [6, 6.07) is 8.97. The van der Waals surface area contributed by atoms with Gasteiger partial charge in [0.1, 0.15) is 11.5 Å². The van der Waals surface area contributed by atoms with Gasteiger partial charge in [0.15, 0.2) is 0 Å². The zero-order valence-electron chi connectivity index (χ0n) is 27.1. The summed E-state index contributed by atoms with van der Waals surface area (Å²) in [5, 5.41) is 22.8. The van der Waals surface area contributed by atoms with Crippen LogP contribution in [0, 0.1) is 37.5 Å². The van der Waals surface area contributed by atoms with E-state index in [2.05, 4.69) is 52.0 Å². The van der Waals surface area contributed by atoms with Gasteiger partial charge in [-0.2, -0.15) is 11.8 Å². The van der Waals surface area contributed by atoms with Gasteiger partial charge >= 0.3 is 0 Å². The maximum Gasteiger partial charge on any atom is 0.123 e. The zero-order chi connectivity index (χ0) is 29.6. The molecule has 6 atom stereocenters. The summed E-state index contributed by atoms with van der Waals surface area (Å²) < 4.78 is 0. The van der Waals surface area contributed by atoms with Crippen LogP contribution in [0.2, 0.25) is 0 Å². The van der Waals surface area contributed by atoms with Gasteiger partial charge in [0.25, 0.3) is 0 Å². The lowest BCUT2D eigenvalue weighted by Crippen LogP contribution is -2.27. The smallest absolute Gasteiger partial charge is 0.123 e. The largest absolute Gasteiger partial charge is 0.507 e. The maximum atomic E-state index is 11.6. The van der Waals surface area contributed by atoms with Crippen molar-refractivity contribution in [3.05, 3.63) is 57.6 Å². The lowest BCUT2D eigenvalue weighted by molar-refractivity contribution is 0.213. The molecule has 0 amide bonds. The highest BCUT2D eigenvalue weighted by molar-refractivity contribution is 7.98. The fourth-order valence-corrected chi connectivity index (χ4v) is 10.4. The second-order valence-electron chi connectivity index (χ2n) is 14.2. The standard InChI is InChI=1S/C39H58O2S/c1-5-7-8-9-10-11-12-13-14-15-18-42-25-30-20-27(4)21-35(39(30)41)32-17-16-31-29-23-33(34(24-29)37(31)32)36-22-26(3)19-28(6-2)38(36)40/h19-22,29,31-34,37,40-41H,5-18,23-25H2,1-4H3. The Morgan fingerprint density at radius 2 is 1.26 bits per heavy atom. The van der Waals surface area contributed by atoms with Crippen LogP contribution in [0.4, 0.5) is 0 Å². The van der Waals surface area contributed by atoms with E-state index in [4.69, 9.17) is 0 Å². The highest BCUT2D eigenvalue weighted by Crippen LogP contribution is 2.68. The summed E-state index contributed by atoms with van der Waals surface area (Å²) >= 11 is 2.01. The SMILES string of the molecule is CCCCCCCCCCCCSCc1cc(C)cc(C2CCC3C4CC(c5cc(C)cc(CC)c5O)C(C4)C23)c1O. The number of hydrogen-bond acceptors (Lipinski definition) is 3. The molecule has 3 heteroatoms. The van der Waals surface area contributed by atoms with Crippen molar-refractivity contribution >= 4 is 11.8 Å². The molecule has 2 nitrogen and oxygen atoms in total. The van der Waals surface area contributed by atoms with E-state index in [1.165, 1.54) is 118 Å². The van der Waals surface area contributed by atoms with Crippen molar-refractivity contribution in [1.82, 2.24) is 0 Å². The number of rotatable bonds is 16. The summed E-state index contributed by atoms with van der Waals surface area (Å²) in [5.74, 6) is 7.02. The molecule has 0 radical (unpaired) electrons. The second kappa shape index (κ2) is 14.9. The minimum Gasteiger partial charge on any atom is -0.507 e. The number of hydrogen-bond donors (Lipinski definition) is 2. The predicted octanol–water partition coefficient (Wildman–Crippen LogP) is 11.4. The Morgan fingerprint density at radius 3 is 1.93 bits per heavy atom. The Bertz CT molecular complexity index is 1170. The van der Waals surface area contributed by atoms with Gasteiger partial charge in [0.05, 0.1) is 0 Å². The van der Waals surface area contributed by atoms with E-state index in [9.17, 15) is 10.2 Å². The zero-order valence-corrected chi connectivity index (χ0v) is 27.9. The molecule has 0 spiro atoms. The van der Waals surface area contributed by atoms with Crippen molar-refractivity contribution in [1.29, 1.82) is 0 Å². The molecule has 3 aliphatic rings. The minimum atomic E-state index is 0.455. The normalized spacial score (nSPS) is 26.3. The van der Waals surface area contributed by atoms with E-state index < -0.39 is 0 Å². The molecule has 232 valence electrons. The number of aromatic hydroxyl groups is 2. The van der Waals surface area contributed by atoms with Crippen molar-refractivity contribution in [3.63, 3.8) is 0 Å². The summed E-state index contributed by atoms with van der Waals surface area (Å²) in [5.41, 5.74) is 7.26.